The number of piperidine rings is 1. The number of hydrogen-bond acceptors (Lipinski definition) is 5. The number of nitrogens with two attached hydrogens (primary N) is 1. The molecule has 1 aliphatic heterocycles. The number of likely N-dealkylation sites (tertiary alicyclic amines) is 1. The molecule has 3 heterocycles. The zero-order valence-corrected chi connectivity index (χ0v) is 21.8. The number of benzene rings is 2. The Balaban J connectivity index is 1.29. The predicted molar refractivity (Wildman–Crippen MR) is 153 cm³/mol. The molecule has 5 nitrogen and oxygen atoms in total. The highest BCUT2D eigenvalue weighted by molar-refractivity contribution is 5.92. The van der Waals surface area contributed by atoms with Gasteiger partial charge in [-0.25, -0.2) is 0 Å². The van der Waals surface area contributed by atoms with Crippen LogP contribution in [0, 0.1) is 6.92 Å². The average Bonchev–Trinajstić information content (AvgIpc) is 3.47. The molecule has 2 fully saturated rings. The zero-order chi connectivity index (χ0) is 25.2. The van der Waals surface area contributed by atoms with Gasteiger partial charge >= 0.3 is 0 Å². The topological polar surface area (TPSA) is 67.1 Å². The van der Waals surface area contributed by atoms with Crippen LogP contribution in [0.2, 0.25) is 0 Å². The molecule has 0 radical (unpaired) electrons. The Hall–Kier alpha value is -3.44. The highest BCUT2D eigenvalue weighted by atomic mass is 15.2. The molecule has 2 aromatic heterocycles. The van der Waals surface area contributed by atoms with Crippen LogP contribution in [-0.2, 0) is 6.42 Å². The number of rotatable bonds is 6. The predicted octanol–water partition coefficient (Wildman–Crippen LogP) is 6.98. The number of fused-ring (bicyclic) bond motifs is 1. The third-order valence-electron chi connectivity index (χ3n) is 8.27. The molecule has 2 aromatic carbocycles. The number of anilines is 3. The largest absolute Gasteiger partial charge is 0.398 e. The smallest absolute Gasteiger partial charge is 0.0726 e. The van der Waals surface area contributed by atoms with Gasteiger partial charge in [0.15, 0.2) is 0 Å². The van der Waals surface area contributed by atoms with Gasteiger partial charge in [0.25, 0.3) is 0 Å². The van der Waals surface area contributed by atoms with Crippen molar-refractivity contribution in [3.8, 4) is 0 Å². The van der Waals surface area contributed by atoms with Crippen molar-refractivity contribution >= 4 is 28.0 Å². The van der Waals surface area contributed by atoms with E-state index in [9.17, 15) is 0 Å². The van der Waals surface area contributed by atoms with Crippen molar-refractivity contribution < 1.29 is 0 Å². The van der Waals surface area contributed by atoms with Gasteiger partial charge in [0.05, 0.1) is 11.2 Å². The van der Waals surface area contributed by atoms with Gasteiger partial charge < -0.3 is 11.1 Å². The Morgan fingerprint density at radius 1 is 0.946 bits per heavy atom. The van der Waals surface area contributed by atoms with Crippen LogP contribution in [0.1, 0.15) is 67.0 Å². The van der Waals surface area contributed by atoms with Gasteiger partial charge in [0.1, 0.15) is 0 Å². The summed E-state index contributed by atoms with van der Waals surface area (Å²) in [5, 5.41) is 4.55. The maximum atomic E-state index is 6.91. The molecule has 0 spiro atoms. The van der Waals surface area contributed by atoms with Gasteiger partial charge in [-0.2, -0.15) is 0 Å². The molecule has 1 saturated heterocycles. The summed E-state index contributed by atoms with van der Waals surface area (Å²) in [4.78, 5) is 12.3. The second-order valence-corrected chi connectivity index (χ2v) is 10.9. The van der Waals surface area contributed by atoms with E-state index in [-0.39, 0.29) is 0 Å². The number of aryl methyl sites for hydroxylation is 1. The minimum Gasteiger partial charge on any atom is -0.398 e. The monoisotopic (exact) mass is 491 g/mol. The maximum Gasteiger partial charge on any atom is 0.0726 e. The zero-order valence-electron chi connectivity index (χ0n) is 21.8. The molecule has 6 rings (SSSR count). The summed E-state index contributed by atoms with van der Waals surface area (Å²) in [6, 6.07) is 21.9. The van der Waals surface area contributed by atoms with E-state index in [0.29, 0.717) is 5.92 Å². The van der Waals surface area contributed by atoms with Crippen molar-refractivity contribution in [2.75, 3.05) is 24.1 Å². The fourth-order valence-corrected chi connectivity index (χ4v) is 6.35. The number of nitrogens with zero attached hydrogens (tertiary/aromatic N) is 3. The van der Waals surface area contributed by atoms with E-state index in [2.05, 4.69) is 69.8 Å². The summed E-state index contributed by atoms with van der Waals surface area (Å²) in [7, 11) is 0. The first kappa shape index (κ1) is 23.9. The minimum atomic E-state index is 0.437. The number of nitrogen functional groups attached to an aromatic ring is 1. The Labute approximate surface area is 220 Å². The van der Waals surface area contributed by atoms with Crippen molar-refractivity contribution in [3.05, 3.63) is 89.4 Å². The number of para-hydroxylation sites is 1. The van der Waals surface area contributed by atoms with Crippen molar-refractivity contribution in [1.82, 2.24) is 14.9 Å². The summed E-state index contributed by atoms with van der Waals surface area (Å²) < 4.78 is 0. The van der Waals surface area contributed by atoms with Crippen molar-refractivity contribution in [3.63, 3.8) is 0 Å². The summed E-state index contributed by atoms with van der Waals surface area (Å²) >= 11 is 0. The highest BCUT2D eigenvalue weighted by Gasteiger charge is 2.31. The molecule has 5 heteroatoms. The van der Waals surface area contributed by atoms with Gasteiger partial charge in [0.2, 0.25) is 0 Å². The Bertz CT molecular complexity index is 1370. The lowest BCUT2D eigenvalue weighted by Crippen LogP contribution is -2.41. The van der Waals surface area contributed by atoms with E-state index in [1.807, 2.05) is 19.2 Å². The van der Waals surface area contributed by atoms with E-state index in [1.54, 1.807) is 0 Å². The summed E-state index contributed by atoms with van der Waals surface area (Å²) in [6.45, 7) is 4.34. The molecule has 37 heavy (non-hydrogen) atoms. The fourth-order valence-electron chi connectivity index (χ4n) is 6.35. The summed E-state index contributed by atoms with van der Waals surface area (Å²) in [6.07, 6.45) is 10.5. The van der Waals surface area contributed by atoms with Crippen LogP contribution < -0.4 is 11.1 Å². The normalized spacial score (nSPS) is 18.9. The van der Waals surface area contributed by atoms with Crippen LogP contribution >= 0.6 is 0 Å². The molecule has 2 aliphatic rings. The third-order valence-corrected chi connectivity index (χ3v) is 8.27. The van der Waals surface area contributed by atoms with Gasteiger partial charge in [-0.15, -0.1) is 0 Å². The number of nitrogens with one attached hydrogen (secondary N) is 1. The standard InChI is InChI=1S/C32H37N5/c1-22-19-26(16-17-34-22)35-25-14-12-23(13-15-25)20-29-31(33)28-10-4-5-11-30(28)36-32(29)24-7-6-18-37(21-24)27-8-2-3-9-27/h4-5,10-17,19,24,27H,2-3,6-9,18,20-21H2,1H3,(H2,33,36)(H,34,35)/t24-/m0/s1. The lowest BCUT2D eigenvalue weighted by atomic mass is 9.87. The van der Waals surface area contributed by atoms with Gasteiger partial charge in [-0.1, -0.05) is 43.2 Å². The molecular weight excluding hydrogens is 454 g/mol. The second kappa shape index (κ2) is 10.5. The van der Waals surface area contributed by atoms with E-state index >= 15 is 0 Å². The number of pyridine rings is 2. The summed E-state index contributed by atoms with van der Waals surface area (Å²) in [5.74, 6) is 0.437. The first-order valence-corrected chi connectivity index (χ1v) is 13.8. The number of aromatic nitrogens is 2. The van der Waals surface area contributed by atoms with Crippen molar-refractivity contribution in [2.45, 2.75) is 63.8 Å². The van der Waals surface area contributed by atoms with Crippen molar-refractivity contribution in [2.24, 2.45) is 0 Å². The van der Waals surface area contributed by atoms with Gasteiger partial charge in [-0.3, -0.25) is 14.9 Å². The molecule has 0 amide bonds. The van der Waals surface area contributed by atoms with Crippen LogP contribution in [0.25, 0.3) is 10.9 Å². The molecular formula is C32H37N5. The third kappa shape index (κ3) is 5.19. The van der Waals surface area contributed by atoms with Crippen LogP contribution in [-0.4, -0.2) is 34.0 Å². The van der Waals surface area contributed by atoms with Gasteiger partial charge in [-0.05, 0) is 75.0 Å². The highest BCUT2D eigenvalue weighted by Crippen LogP contribution is 2.37. The molecule has 1 atom stereocenters. The SMILES string of the molecule is Cc1cc(Nc2ccc(Cc3c([C@H]4CCCN(C5CCCC5)C4)nc4ccccc4c3N)cc2)ccn1. The van der Waals surface area contributed by atoms with Crippen LogP contribution in [0.3, 0.4) is 0 Å². The quantitative estimate of drug-likeness (QED) is 0.305. The Morgan fingerprint density at radius 3 is 2.57 bits per heavy atom. The van der Waals surface area contributed by atoms with Gasteiger partial charge in [0, 0.05) is 64.8 Å². The Morgan fingerprint density at radius 2 is 1.76 bits per heavy atom. The lowest BCUT2D eigenvalue weighted by molar-refractivity contribution is 0.149. The van der Waals surface area contributed by atoms with Crippen LogP contribution in [0.4, 0.5) is 17.1 Å². The fraction of sp³-hybridized carbons (Fsp3) is 0.375. The summed E-state index contributed by atoms with van der Waals surface area (Å²) in [5.41, 5.74) is 15.6. The van der Waals surface area contributed by atoms with Crippen molar-refractivity contribution in [1.29, 1.82) is 0 Å². The van der Waals surface area contributed by atoms with E-state index in [0.717, 1.165) is 52.7 Å². The second-order valence-electron chi connectivity index (χ2n) is 10.9. The lowest BCUT2D eigenvalue weighted by Gasteiger charge is -2.37. The minimum absolute atomic E-state index is 0.437. The molecule has 1 saturated carbocycles. The van der Waals surface area contributed by atoms with Crippen LogP contribution in [0.5, 0.6) is 0 Å². The number of hydrogen-bond donors (Lipinski definition) is 2. The van der Waals surface area contributed by atoms with Crippen LogP contribution in [0.15, 0.2) is 66.9 Å². The molecule has 1 aliphatic carbocycles. The molecule has 190 valence electrons. The van der Waals surface area contributed by atoms with E-state index < -0.39 is 0 Å². The first-order chi connectivity index (χ1) is 18.1. The van der Waals surface area contributed by atoms with E-state index in [1.165, 1.54) is 61.9 Å². The first-order valence-electron chi connectivity index (χ1n) is 13.8. The molecule has 3 N–H and O–H groups in total. The average molecular weight is 492 g/mol. The maximum absolute atomic E-state index is 6.91. The van der Waals surface area contributed by atoms with E-state index in [4.69, 9.17) is 10.7 Å². The molecule has 4 aromatic rings. The molecule has 0 bridgehead atoms. The Kier molecular flexibility index (Phi) is 6.79. The molecule has 0 unspecified atom stereocenters.